The van der Waals surface area contributed by atoms with E-state index in [1.807, 2.05) is 72.8 Å². The summed E-state index contributed by atoms with van der Waals surface area (Å²) in [5, 5.41) is 3.54. The molecule has 2 heterocycles. The molecule has 41 heavy (non-hydrogen) atoms. The Hall–Kier alpha value is -4.63. The number of nitrogens with one attached hydrogen (secondary N) is 1. The number of aryl methyl sites for hydroxylation is 1. The summed E-state index contributed by atoms with van der Waals surface area (Å²) in [6, 6.07) is 26.3. The van der Waals surface area contributed by atoms with Crippen LogP contribution in [0.2, 0.25) is 0 Å². The fourth-order valence-electron chi connectivity index (χ4n) is 4.80. The van der Waals surface area contributed by atoms with Gasteiger partial charge in [-0.2, -0.15) is 0 Å². The third-order valence-electron chi connectivity index (χ3n) is 7.11. The maximum Gasteiger partial charge on any atom is 0.332 e. The minimum Gasteiger partial charge on any atom is -0.489 e. The molecule has 0 aliphatic heterocycles. The molecule has 9 nitrogen and oxygen atoms in total. The zero-order valence-corrected chi connectivity index (χ0v) is 23.6. The minimum absolute atomic E-state index is 0.132. The van der Waals surface area contributed by atoms with E-state index < -0.39 is 0 Å². The van der Waals surface area contributed by atoms with Crippen LogP contribution in [0.5, 0.6) is 11.5 Å². The Balaban J connectivity index is 1.25. The molecule has 0 radical (unpaired) electrons. The number of ether oxygens (including phenoxy) is 2. The first-order chi connectivity index (χ1) is 19.9. The molecule has 1 N–H and O–H groups in total. The van der Waals surface area contributed by atoms with E-state index in [4.69, 9.17) is 9.47 Å². The van der Waals surface area contributed by atoms with Crippen molar-refractivity contribution in [2.45, 2.75) is 39.1 Å². The SMILES string of the molecule is CC(Cc1ccc(OCc2ccccc2)cc1OCc1ccccc1)NCCn1cnc2c1c(=O)n(C)c(=O)n2C. The Labute approximate surface area is 238 Å². The van der Waals surface area contributed by atoms with E-state index in [0.29, 0.717) is 37.5 Å². The van der Waals surface area contributed by atoms with E-state index in [9.17, 15) is 9.59 Å². The van der Waals surface area contributed by atoms with Crippen molar-refractivity contribution in [3.8, 4) is 11.5 Å². The highest BCUT2D eigenvalue weighted by molar-refractivity contribution is 5.69. The van der Waals surface area contributed by atoms with E-state index in [-0.39, 0.29) is 17.3 Å². The Morgan fingerprint density at radius 2 is 1.51 bits per heavy atom. The molecule has 1 atom stereocenters. The van der Waals surface area contributed by atoms with E-state index in [2.05, 4.69) is 23.3 Å². The monoisotopic (exact) mass is 553 g/mol. The second-order valence-corrected chi connectivity index (χ2v) is 10.2. The third-order valence-corrected chi connectivity index (χ3v) is 7.11. The van der Waals surface area contributed by atoms with Gasteiger partial charge in [0, 0.05) is 39.3 Å². The molecule has 0 bridgehead atoms. The van der Waals surface area contributed by atoms with Gasteiger partial charge >= 0.3 is 5.69 Å². The van der Waals surface area contributed by atoms with Crippen molar-refractivity contribution in [1.82, 2.24) is 24.0 Å². The van der Waals surface area contributed by atoms with Gasteiger partial charge in [0.25, 0.3) is 5.56 Å². The topological polar surface area (TPSA) is 92.3 Å². The molecule has 0 saturated heterocycles. The molecule has 3 aromatic carbocycles. The van der Waals surface area contributed by atoms with Gasteiger partial charge in [-0.1, -0.05) is 66.7 Å². The number of benzene rings is 3. The van der Waals surface area contributed by atoms with Crippen molar-refractivity contribution in [2.24, 2.45) is 14.1 Å². The standard InChI is InChI=1S/C32H35N5O4/c1-23(33-16-17-37-22-34-30-29(37)31(38)36(3)32(39)35(30)2)18-26-14-15-27(40-20-24-10-6-4-7-11-24)19-28(26)41-21-25-12-8-5-9-13-25/h4-15,19,22-23,33H,16-18,20-21H2,1-3H3. The number of hydrogen-bond acceptors (Lipinski definition) is 6. The first-order valence-corrected chi connectivity index (χ1v) is 13.7. The highest BCUT2D eigenvalue weighted by Gasteiger charge is 2.15. The Bertz CT molecular complexity index is 1720. The van der Waals surface area contributed by atoms with Gasteiger partial charge in [0.2, 0.25) is 0 Å². The van der Waals surface area contributed by atoms with Crippen LogP contribution in [-0.4, -0.2) is 31.3 Å². The molecule has 0 amide bonds. The van der Waals surface area contributed by atoms with Crippen LogP contribution in [-0.2, 0) is 40.3 Å². The molecule has 0 aliphatic carbocycles. The molecule has 5 rings (SSSR count). The van der Waals surface area contributed by atoms with Gasteiger partial charge in [-0.25, -0.2) is 9.78 Å². The summed E-state index contributed by atoms with van der Waals surface area (Å²) in [4.78, 5) is 29.2. The van der Waals surface area contributed by atoms with Crippen molar-refractivity contribution in [3.05, 3.63) is 123 Å². The normalized spacial score (nSPS) is 12.0. The van der Waals surface area contributed by atoms with Crippen LogP contribution < -0.4 is 26.0 Å². The predicted molar refractivity (Wildman–Crippen MR) is 159 cm³/mol. The number of imidazole rings is 1. The fraction of sp³-hybridized carbons (Fsp3) is 0.281. The molecular formula is C32H35N5O4. The Morgan fingerprint density at radius 3 is 2.20 bits per heavy atom. The van der Waals surface area contributed by atoms with Crippen LogP contribution in [0.3, 0.4) is 0 Å². The molecule has 1 unspecified atom stereocenters. The molecule has 212 valence electrons. The second-order valence-electron chi connectivity index (χ2n) is 10.2. The summed E-state index contributed by atoms with van der Waals surface area (Å²) in [5.74, 6) is 1.54. The molecule has 0 aliphatic rings. The zero-order chi connectivity index (χ0) is 28.8. The maximum atomic E-state index is 12.7. The van der Waals surface area contributed by atoms with Crippen molar-refractivity contribution in [2.75, 3.05) is 6.54 Å². The summed E-state index contributed by atoms with van der Waals surface area (Å²) >= 11 is 0. The number of nitrogens with zero attached hydrogens (tertiary/aromatic N) is 4. The quantitative estimate of drug-likeness (QED) is 0.253. The largest absolute Gasteiger partial charge is 0.489 e. The van der Waals surface area contributed by atoms with Crippen LogP contribution in [0.15, 0.2) is 94.8 Å². The van der Waals surface area contributed by atoms with Gasteiger partial charge in [-0.3, -0.25) is 13.9 Å². The highest BCUT2D eigenvalue weighted by Crippen LogP contribution is 2.28. The second kappa shape index (κ2) is 12.7. The number of hydrogen-bond donors (Lipinski definition) is 1. The molecule has 0 fully saturated rings. The first kappa shape index (κ1) is 27.9. The Morgan fingerprint density at radius 1 is 0.854 bits per heavy atom. The number of rotatable bonds is 12. The summed E-state index contributed by atoms with van der Waals surface area (Å²) in [6.07, 6.45) is 2.35. The summed E-state index contributed by atoms with van der Waals surface area (Å²) in [6.45, 7) is 4.23. The third kappa shape index (κ3) is 6.58. The van der Waals surface area contributed by atoms with Crippen LogP contribution in [0.25, 0.3) is 11.2 Å². The van der Waals surface area contributed by atoms with E-state index in [1.54, 1.807) is 17.9 Å². The van der Waals surface area contributed by atoms with Crippen LogP contribution >= 0.6 is 0 Å². The van der Waals surface area contributed by atoms with Gasteiger partial charge in [-0.05, 0) is 36.1 Å². The predicted octanol–water partition coefficient (Wildman–Crippen LogP) is 3.81. The molecule has 9 heteroatoms. The molecule has 0 saturated carbocycles. The van der Waals surface area contributed by atoms with Crippen molar-refractivity contribution >= 4 is 11.2 Å². The number of aromatic nitrogens is 4. The van der Waals surface area contributed by atoms with Gasteiger partial charge in [0.15, 0.2) is 11.2 Å². The molecular weight excluding hydrogens is 518 g/mol. The Kier molecular flexibility index (Phi) is 8.64. The lowest BCUT2D eigenvalue weighted by Gasteiger charge is -2.18. The lowest BCUT2D eigenvalue weighted by atomic mass is 10.1. The van der Waals surface area contributed by atoms with Crippen LogP contribution in [0.4, 0.5) is 0 Å². The van der Waals surface area contributed by atoms with Gasteiger partial charge in [-0.15, -0.1) is 0 Å². The highest BCUT2D eigenvalue weighted by atomic mass is 16.5. The summed E-state index contributed by atoms with van der Waals surface area (Å²) in [7, 11) is 3.11. The first-order valence-electron chi connectivity index (χ1n) is 13.7. The lowest BCUT2D eigenvalue weighted by molar-refractivity contribution is 0.287. The van der Waals surface area contributed by atoms with Gasteiger partial charge < -0.3 is 19.4 Å². The van der Waals surface area contributed by atoms with Crippen LogP contribution in [0, 0.1) is 0 Å². The molecule has 5 aromatic rings. The van der Waals surface area contributed by atoms with E-state index in [0.717, 1.165) is 39.2 Å². The summed E-state index contributed by atoms with van der Waals surface area (Å²) in [5.41, 5.74) is 3.35. The van der Waals surface area contributed by atoms with Gasteiger partial charge in [0.05, 0.1) is 6.33 Å². The smallest absolute Gasteiger partial charge is 0.332 e. The average molecular weight is 554 g/mol. The minimum atomic E-state index is -0.388. The lowest BCUT2D eigenvalue weighted by Crippen LogP contribution is -2.38. The zero-order valence-electron chi connectivity index (χ0n) is 23.6. The molecule has 0 spiro atoms. The number of fused-ring (bicyclic) bond motifs is 1. The van der Waals surface area contributed by atoms with E-state index >= 15 is 0 Å². The maximum absolute atomic E-state index is 12.7. The van der Waals surface area contributed by atoms with Crippen molar-refractivity contribution < 1.29 is 9.47 Å². The van der Waals surface area contributed by atoms with E-state index in [1.165, 1.54) is 11.6 Å². The summed E-state index contributed by atoms with van der Waals surface area (Å²) < 4.78 is 16.7. The molecule has 2 aromatic heterocycles. The van der Waals surface area contributed by atoms with Crippen molar-refractivity contribution in [1.29, 1.82) is 0 Å². The van der Waals surface area contributed by atoms with Crippen LogP contribution in [0.1, 0.15) is 23.6 Å². The van der Waals surface area contributed by atoms with Crippen molar-refractivity contribution in [3.63, 3.8) is 0 Å². The average Bonchev–Trinajstić information content (AvgIpc) is 3.43. The van der Waals surface area contributed by atoms with Gasteiger partial charge in [0.1, 0.15) is 24.7 Å². The fourth-order valence-corrected chi connectivity index (χ4v) is 4.80.